The van der Waals surface area contributed by atoms with Gasteiger partial charge in [0.15, 0.2) is 0 Å². The average molecular weight is 342 g/mol. The minimum absolute atomic E-state index is 0.0308. The molecule has 0 saturated carbocycles. The van der Waals surface area contributed by atoms with Gasteiger partial charge in [-0.2, -0.15) is 4.37 Å². The van der Waals surface area contributed by atoms with Crippen LogP contribution in [-0.2, 0) is 6.54 Å². The number of piperidine rings is 1. The second kappa shape index (κ2) is 6.56. The zero-order chi connectivity index (χ0) is 16.4. The van der Waals surface area contributed by atoms with Gasteiger partial charge in [0.1, 0.15) is 0 Å². The van der Waals surface area contributed by atoms with Crippen molar-refractivity contribution in [3.8, 4) is 0 Å². The van der Waals surface area contributed by atoms with Gasteiger partial charge in [0, 0.05) is 43.1 Å². The lowest BCUT2D eigenvalue weighted by Crippen LogP contribution is -2.41. The van der Waals surface area contributed by atoms with Crippen LogP contribution in [0.3, 0.4) is 0 Å². The summed E-state index contributed by atoms with van der Waals surface area (Å²) >= 11 is 1.46. The molecule has 0 aliphatic carbocycles. The smallest absolute Gasteiger partial charge is 0.321 e. The first-order valence-corrected chi connectivity index (χ1v) is 8.80. The highest BCUT2D eigenvalue weighted by atomic mass is 32.1. The zero-order valence-electron chi connectivity index (χ0n) is 13.1. The summed E-state index contributed by atoms with van der Waals surface area (Å²) in [7, 11) is 0. The largest absolute Gasteiger partial charge is 0.325 e. The fraction of sp³-hybridized carbons (Fsp3) is 0.375. The van der Waals surface area contributed by atoms with E-state index in [1.807, 2.05) is 40.2 Å². The topological polar surface area (TPSA) is 75.9 Å². The number of urea groups is 1. The van der Waals surface area contributed by atoms with Crippen LogP contribution in [0.25, 0.3) is 10.1 Å². The summed E-state index contributed by atoms with van der Waals surface area (Å²) in [6.07, 6.45) is 7.38. The number of fused-ring (bicyclic) bond motifs is 1. The van der Waals surface area contributed by atoms with E-state index in [1.165, 1.54) is 11.5 Å². The minimum atomic E-state index is -0.0308. The van der Waals surface area contributed by atoms with Gasteiger partial charge < -0.3 is 10.2 Å². The van der Waals surface area contributed by atoms with E-state index in [9.17, 15) is 4.79 Å². The van der Waals surface area contributed by atoms with Crippen molar-refractivity contribution in [3.05, 3.63) is 36.8 Å². The maximum Gasteiger partial charge on any atom is 0.321 e. The number of hydrogen-bond acceptors (Lipinski definition) is 5. The number of anilines is 1. The van der Waals surface area contributed by atoms with Crippen LogP contribution >= 0.6 is 11.5 Å². The van der Waals surface area contributed by atoms with Gasteiger partial charge >= 0.3 is 6.03 Å². The Kier molecular flexibility index (Phi) is 4.12. The molecule has 2 amide bonds. The highest BCUT2D eigenvalue weighted by Crippen LogP contribution is 2.23. The third kappa shape index (κ3) is 3.23. The number of likely N-dealkylation sites (tertiary alicyclic amines) is 1. The molecule has 1 aromatic carbocycles. The molecule has 24 heavy (non-hydrogen) atoms. The molecule has 3 heterocycles. The molecule has 1 aliphatic heterocycles. The van der Waals surface area contributed by atoms with Gasteiger partial charge in [0.2, 0.25) is 0 Å². The van der Waals surface area contributed by atoms with E-state index in [0.717, 1.165) is 48.2 Å². The molecule has 0 atom stereocenters. The van der Waals surface area contributed by atoms with Crippen LogP contribution in [0.4, 0.5) is 10.5 Å². The fourth-order valence-electron chi connectivity index (χ4n) is 3.07. The van der Waals surface area contributed by atoms with Gasteiger partial charge in [0.05, 0.1) is 10.9 Å². The number of nitrogens with one attached hydrogen (secondary N) is 1. The summed E-state index contributed by atoms with van der Waals surface area (Å²) in [6.45, 7) is 2.41. The van der Waals surface area contributed by atoms with Gasteiger partial charge in [-0.3, -0.25) is 4.68 Å². The van der Waals surface area contributed by atoms with Crippen LogP contribution in [0.5, 0.6) is 0 Å². The Balaban J connectivity index is 1.32. The molecule has 2 aromatic heterocycles. The molecule has 0 radical (unpaired) electrons. The second-order valence-corrected chi connectivity index (χ2v) is 6.90. The molecule has 8 heteroatoms. The molecule has 3 aromatic rings. The first-order chi connectivity index (χ1) is 11.8. The van der Waals surface area contributed by atoms with Crippen molar-refractivity contribution in [2.24, 2.45) is 5.92 Å². The fourth-order valence-corrected chi connectivity index (χ4v) is 3.69. The Bertz CT molecular complexity index is 822. The predicted octanol–water partition coefficient (Wildman–Crippen LogP) is 2.83. The second-order valence-electron chi connectivity index (χ2n) is 6.06. The number of amides is 2. The lowest BCUT2D eigenvalue weighted by molar-refractivity contribution is 0.175. The van der Waals surface area contributed by atoms with Crippen LogP contribution in [0.2, 0.25) is 0 Å². The quantitative estimate of drug-likeness (QED) is 0.794. The minimum Gasteiger partial charge on any atom is -0.325 e. The van der Waals surface area contributed by atoms with E-state index in [-0.39, 0.29) is 6.03 Å². The Morgan fingerprint density at radius 1 is 1.33 bits per heavy atom. The Hall–Kier alpha value is -2.48. The number of benzene rings is 1. The van der Waals surface area contributed by atoms with Crippen LogP contribution in [-0.4, -0.2) is 43.4 Å². The summed E-state index contributed by atoms with van der Waals surface area (Å²) in [4.78, 5) is 14.3. The Morgan fingerprint density at radius 2 is 2.21 bits per heavy atom. The Morgan fingerprint density at radius 3 is 3.00 bits per heavy atom. The highest BCUT2D eigenvalue weighted by Gasteiger charge is 2.23. The third-order valence-electron chi connectivity index (χ3n) is 4.42. The molecule has 124 valence electrons. The monoisotopic (exact) mass is 342 g/mol. The van der Waals surface area contributed by atoms with Crippen molar-refractivity contribution < 1.29 is 4.79 Å². The van der Waals surface area contributed by atoms with E-state index in [4.69, 9.17) is 0 Å². The van der Waals surface area contributed by atoms with Crippen LogP contribution in [0, 0.1) is 5.92 Å². The summed E-state index contributed by atoms with van der Waals surface area (Å²) in [5, 5.41) is 11.9. The summed E-state index contributed by atoms with van der Waals surface area (Å²) in [5.74, 6) is 0.545. The van der Waals surface area contributed by atoms with Crippen molar-refractivity contribution in [1.29, 1.82) is 0 Å². The van der Waals surface area contributed by atoms with E-state index < -0.39 is 0 Å². The molecular formula is C16H18N6OS. The van der Waals surface area contributed by atoms with E-state index >= 15 is 0 Å². The van der Waals surface area contributed by atoms with Gasteiger partial charge in [-0.25, -0.2) is 4.79 Å². The molecule has 7 nitrogen and oxygen atoms in total. The average Bonchev–Trinajstić information content (AvgIpc) is 3.26. The predicted molar refractivity (Wildman–Crippen MR) is 93.0 cm³/mol. The maximum atomic E-state index is 12.4. The standard InChI is InChI=1S/C16H18N6OS/c23-16(19-14-1-2-15-13(9-14)10-18-24-15)21-6-3-12(4-7-21)11-22-8-5-17-20-22/h1-2,5,8-10,12H,3-4,6-7,11H2,(H,19,23). The van der Waals surface area contributed by atoms with Gasteiger partial charge in [-0.1, -0.05) is 5.21 Å². The van der Waals surface area contributed by atoms with Crippen LogP contribution < -0.4 is 5.32 Å². The van der Waals surface area contributed by atoms with Gasteiger partial charge in [-0.15, -0.1) is 5.10 Å². The molecule has 1 saturated heterocycles. The number of rotatable bonds is 3. The van der Waals surface area contributed by atoms with E-state index in [2.05, 4.69) is 20.0 Å². The van der Waals surface area contributed by atoms with E-state index in [1.54, 1.807) is 6.20 Å². The normalized spacial score (nSPS) is 15.8. The molecular weight excluding hydrogens is 324 g/mol. The van der Waals surface area contributed by atoms with E-state index in [0.29, 0.717) is 5.92 Å². The summed E-state index contributed by atoms with van der Waals surface area (Å²) < 4.78 is 7.15. The maximum absolute atomic E-state index is 12.4. The first kappa shape index (κ1) is 15.1. The van der Waals surface area contributed by atoms with Crippen molar-refractivity contribution in [2.75, 3.05) is 18.4 Å². The molecule has 1 N–H and O–H groups in total. The van der Waals surface area contributed by atoms with Gasteiger partial charge in [-0.05, 0) is 48.5 Å². The number of aromatic nitrogens is 4. The van der Waals surface area contributed by atoms with Crippen molar-refractivity contribution >= 4 is 33.3 Å². The van der Waals surface area contributed by atoms with Crippen LogP contribution in [0.15, 0.2) is 36.8 Å². The first-order valence-electron chi connectivity index (χ1n) is 8.02. The molecule has 4 rings (SSSR count). The lowest BCUT2D eigenvalue weighted by atomic mass is 9.97. The summed E-state index contributed by atoms with van der Waals surface area (Å²) in [5.41, 5.74) is 0.817. The van der Waals surface area contributed by atoms with Crippen LogP contribution in [0.1, 0.15) is 12.8 Å². The number of carbonyl (C=O) groups excluding carboxylic acids is 1. The van der Waals surface area contributed by atoms with Gasteiger partial charge in [0.25, 0.3) is 0 Å². The highest BCUT2D eigenvalue weighted by molar-refractivity contribution is 7.13. The van der Waals surface area contributed by atoms with Crippen molar-refractivity contribution in [1.82, 2.24) is 24.3 Å². The molecule has 0 spiro atoms. The number of hydrogen-bond donors (Lipinski definition) is 1. The number of carbonyl (C=O) groups is 1. The lowest BCUT2D eigenvalue weighted by Gasteiger charge is -2.31. The molecule has 1 aliphatic rings. The number of nitrogens with zero attached hydrogens (tertiary/aromatic N) is 5. The molecule has 1 fully saturated rings. The molecule has 0 bridgehead atoms. The summed E-state index contributed by atoms with van der Waals surface area (Å²) in [6, 6.07) is 5.86. The van der Waals surface area contributed by atoms with Crippen molar-refractivity contribution in [2.45, 2.75) is 19.4 Å². The SMILES string of the molecule is O=C(Nc1ccc2sncc2c1)N1CCC(Cn2ccnn2)CC1. The zero-order valence-corrected chi connectivity index (χ0v) is 13.9. The Labute approximate surface area is 143 Å². The van der Waals surface area contributed by atoms with Crippen molar-refractivity contribution in [3.63, 3.8) is 0 Å². The molecule has 0 unspecified atom stereocenters. The third-order valence-corrected chi connectivity index (χ3v) is 5.20.